The number of Topliss-reactive ketones (excluding diaryl/α,β-unsaturated/α-hetero) is 1. The minimum atomic E-state index is -0.411. The van der Waals surface area contributed by atoms with Crippen LogP contribution >= 0.6 is 15.9 Å². The fraction of sp³-hybridized carbons (Fsp3) is 0.267. The van der Waals surface area contributed by atoms with Crippen molar-refractivity contribution in [3.05, 3.63) is 50.9 Å². The monoisotopic (exact) mass is 349 g/mol. The SMILES string of the molecule is CCCCC(=O)c1cnc(Nc2ccc(Br)cc2)[nH]c1=O. The van der Waals surface area contributed by atoms with Gasteiger partial charge in [0, 0.05) is 22.8 Å². The highest BCUT2D eigenvalue weighted by atomic mass is 79.9. The molecule has 1 aromatic carbocycles. The molecule has 2 N–H and O–H groups in total. The summed E-state index contributed by atoms with van der Waals surface area (Å²) in [5.74, 6) is 0.148. The number of aromatic amines is 1. The van der Waals surface area contributed by atoms with Gasteiger partial charge in [-0.25, -0.2) is 4.98 Å². The number of anilines is 2. The van der Waals surface area contributed by atoms with Gasteiger partial charge in [0.1, 0.15) is 5.56 Å². The number of ketones is 1. The van der Waals surface area contributed by atoms with Crippen molar-refractivity contribution in [2.75, 3.05) is 5.32 Å². The van der Waals surface area contributed by atoms with Crippen molar-refractivity contribution in [3.63, 3.8) is 0 Å². The first-order valence-corrected chi connectivity index (χ1v) is 7.54. The van der Waals surface area contributed by atoms with E-state index in [1.165, 1.54) is 6.20 Å². The van der Waals surface area contributed by atoms with Gasteiger partial charge in [-0.3, -0.25) is 14.6 Å². The van der Waals surface area contributed by atoms with Gasteiger partial charge in [-0.05, 0) is 30.7 Å². The van der Waals surface area contributed by atoms with Gasteiger partial charge in [-0.2, -0.15) is 0 Å². The molecule has 0 aliphatic rings. The van der Waals surface area contributed by atoms with E-state index >= 15 is 0 Å². The highest BCUT2D eigenvalue weighted by Crippen LogP contribution is 2.16. The molecule has 0 unspecified atom stereocenters. The smallest absolute Gasteiger partial charge is 0.263 e. The Hall–Kier alpha value is -1.95. The summed E-state index contributed by atoms with van der Waals surface area (Å²) in [5.41, 5.74) is 0.502. The predicted octanol–water partition coefficient (Wildman–Crippen LogP) is 3.65. The van der Waals surface area contributed by atoms with E-state index in [2.05, 4.69) is 31.2 Å². The van der Waals surface area contributed by atoms with E-state index in [0.29, 0.717) is 12.4 Å². The Morgan fingerprint density at radius 1 is 1.33 bits per heavy atom. The summed E-state index contributed by atoms with van der Waals surface area (Å²) in [4.78, 5) is 30.4. The highest BCUT2D eigenvalue weighted by molar-refractivity contribution is 9.10. The third-order valence-corrected chi connectivity index (χ3v) is 3.49. The van der Waals surface area contributed by atoms with Gasteiger partial charge in [-0.1, -0.05) is 29.3 Å². The molecule has 0 aliphatic carbocycles. The molecule has 6 heteroatoms. The van der Waals surface area contributed by atoms with Gasteiger partial charge < -0.3 is 5.32 Å². The largest absolute Gasteiger partial charge is 0.326 e. The number of nitrogens with one attached hydrogen (secondary N) is 2. The molecule has 1 aromatic heterocycles. The molecule has 0 atom stereocenters. The molecule has 0 bridgehead atoms. The second-order valence-electron chi connectivity index (χ2n) is 4.63. The second-order valence-corrected chi connectivity index (χ2v) is 5.55. The number of H-pyrrole nitrogens is 1. The van der Waals surface area contributed by atoms with E-state index in [-0.39, 0.29) is 11.3 Å². The van der Waals surface area contributed by atoms with Crippen LogP contribution in [0, 0.1) is 0 Å². The Morgan fingerprint density at radius 2 is 2.05 bits per heavy atom. The van der Waals surface area contributed by atoms with Crippen LogP contribution in [-0.4, -0.2) is 15.8 Å². The summed E-state index contributed by atoms with van der Waals surface area (Å²) < 4.78 is 0.964. The van der Waals surface area contributed by atoms with Gasteiger partial charge in [0.25, 0.3) is 5.56 Å². The third-order valence-electron chi connectivity index (χ3n) is 2.96. The van der Waals surface area contributed by atoms with Crippen LogP contribution in [0.3, 0.4) is 0 Å². The van der Waals surface area contributed by atoms with E-state index in [0.717, 1.165) is 23.0 Å². The van der Waals surface area contributed by atoms with E-state index in [9.17, 15) is 9.59 Å². The quantitative estimate of drug-likeness (QED) is 0.780. The molecule has 0 amide bonds. The summed E-state index contributed by atoms with van der Waals surface area (Å²) in [6.07, 6.45) is 3.40. The zero-order valence-corrected chi connectivity index (χ0v) is 13.2. The number of benzene rings is 1. The molecule has 0 saturated heterocycles. The molecule has 110 valence electrons. The van der Waals surface area contributed by atoms with E-state index < -0.39 is 5.56 Å². The van der Waals surface area contributed by atoms with Crippen LogP contribution in [0.2, 0.25) is 0 Å². The van der Waals surface area contributed by atoms with Gasteiger partial charge in [-0.15, -0.1) is 0 Å². The molecule has 2 rings (SSSR count). The average Bonchev–Trinajstić information content (AvgIpc) is 2.47. The van der Waals surface area contributed by atoms with E-state index in [1.54, 1.807) is 0 Å². The predicted molar refractivity (Wildman–Crippen MR) is 86.1 cm³/mol. The molecule has 1 heterocycles. The molecule has 0 saturated carbocycles. The number of hydrogen-bond acceptors (Lipinski definition) is 4. The fourth-order valence-electron chi connectivity index (χ4n) is 1.80. The number of aromatic nitrogens is 2. The van der Waals surface area contributed by atoms with Crippen molar-refractivity contribution in [2.45, 2.75) is 26.2 Å². The first-order valence-electron chi connectivity index (χ1n) is 6.75. The number of carbonyl (C=O) groups excluding carboxylic acids is 1. The lowest BCUT2D eigenvalue weighted by Crippen LogP contribution is -2.19. The van der Waals surface area contributed by atoms with Gasteiger partial charge in [0.05, 0.1) is 0 Å². The first kappa shape index (κ1) is 15.4. The summed E-state index contributed by atoms with van der Waals surface area (Å²) in [5, 5.41) is 2.98. The first-order chi connectivity index (χ1) is 10.1. The molecule has 0 spiro atoms. The number of carbonyl (C=O) groups is 1. The van der Waals surface area contributed by atoms with Crippen molar-refractivity contribution in [1.29, 1.82) is 0 Å². The van der Waals surface area contributed by atoms with Gasteiger partial charge in [0.15, 0.2) is 5.78 Å². The Morgan fingerprint density at radius 3 is 2.67 bits per heavy atom. The van der Waals surface area contributed by atoms with Gasteiger partial charge in [0.2, 0.25) is 5.95 Å². The second kappa shape index (κ2) is 7.17. The average molecular weight is 350 g/mol. The van der Waals surface area contributed by atoms with Crippen LogP contribution in [0.5, 0.6) is 0 Å². The van der Waals surface area contributed by atoms with Crippen molar-refractivity contribution < 1.29 is 4.79 Å². The van der Waals surface area contributed by atoms with E-state index in [4.69, 9.17) is 0 Å². The van der Waals surface area contributed by atoms with Crippen molar-refractivity contribution >= 4 is 33.3 Å². The summed E-state index contributed by atoms with van der Waals surface area (Å²) in [6, 6.07) is 7.46. The minimum Gasteiger partial charge on any atom is -0.326 e. The molecule has 0 radical (unpaired) electrons. The van der Waals surface area contributed by atoms with Crippen LogP contribution in [0.4, 0.5) is 11.6 Å². The Balaban J connectivity index is 2.13. The summed E-state index contributed by atoms with van der Waals surface area (Å²) in [6.45, 7) is 2.00. The van der Waals surface area contributed by atoms with Crippen molar-refractivity contribution in [3.8, 4) is 0 Å². The summed E-state index contributed by atoms with van der Waals surface area (Å²) >= 11 is 3.35. The van der Waals surface area contributed by atoms with Crippen LogP contribution in [-0.2, 0) is 0 Å². The standard InChI is InChI=1S/C15H16BrN3O2/c1-2-3-4-13(20)12-9-17-15(19-14(12)21)18-11-7-5-10(16)6-8-11/h5-9H,2-4H2,1H3,(H2,17,18,19,21). The number of halogens is 1. The fourth-order valence-corrected chi connectivity index (χ4v) is 2.06. The number of nitrogens with zero attached hydrogens (tertiary/aromatic N) is 1. The molecular weight excluding hydrogens is 334 g/mol. The molecule has 21 heavy (non-hydrogen) atoms. The third kappa shape index (κ3) is 4.26. The number of hydrogen-bond donors (Lipinski definition) is 2. The Labute approximate surface area is 130 Å². The highest BCUT2D eigenvalue weighted by Gasteiger charge is 2.11. The number of unbranched alkanes of at least 4 members (excludes halogenated alkanes) is 1. The maximum absolute atomic E-state index is 11.9. The van der Waals surface area contributed by atoms with Crippen LogP contribution in [0.15, 0.2) is 39.7 Å². The van der Waals surface area contributed by atoms with Crippen LogP contribution in [0.25, 0.3) is 0 Å². The van der Waals surface area contributed by atoms with Crippen molar-refractivity contribution in [2.24, 2.45) is 0 Å². The zero-order valence-electron chi connectivity index (χ0n) is 11.6. The van der Waals surface area contributed by atoms with Gasteiger partial charge >= 0.3 is 0 Å². The number of rotatable bonds is 6. The van der Waals surface area contributed by atoms with Crippen LogP contribution < -0.4 is 10.9 Å². The molecule has 5 nitrogen and oxygen atoms in total. The van der Waals surface area contributed by atoms with E-state index in [1.807, 2.05) is 31.2 Å². The topological polar surface area (TPSA) is 74.8 Å². The lowest BCUT2D eigenvalue weighted by atomic mass is 10.1. The molecule has 0 fully saturated rings. The lowest BCUT2D eigenvalue weighted by molar-refractivity contribution is 0.0978. The molecule has 2 aromatic rings. The Bertz CT molecular complexity index is 680. The lowest BCUT2D eigenvalue weighted by Gasteiger charge is -2.06. The maximum Gasteiger partial charge on any atom is 0.263 e. The van der Waals surface area contributed by atoms with Crippen molar-refractivity contribution in [1.82, 2.24) is 9.97 Å². The Kier molecular flexibility index (Phi) is 5.27. The minimum absolute atomic E-state index is 0.116. The summed E-state index contributed by atoms with van der Waals surface area (Å²) in [7, 11) is 0. The normalized spacial score (nSPS) is 10.4. The zero-order chi connectivity index (χ0) is 15.2. The van der Waals surface area contributed by atoms with Crippen LogP contribution in [0.1, 0.15) is 36.5 Å². The molecular formula is C15H16BrN3O2. The maximum atomic E-state index is 11.9. The molecule has 0 aliphatic heterocycles.